The molecular weight excluding hydrogens is 458 g/mol. The van der Waals surface area contributed by atoms with Gasteiger partial charge in [0.25, 0.3) is 5.91 Å². The molecule has 35 heavy (non-hydrogen) atoms. The Kier molecular flexibility index (Phi) is 5.53. The van der Waals surface area contributed by atoms with Gasteiger partial charge in [0.2, 0.25) is 0 Å². The predicted molar refractivity (Wildman–Crippen MR) is 122 cm³/mol. The van der Waals surface area contributed by atoms with Crippen molar-refractivity contribution in [3.63, 3.8) is 0 Å². The maximum atomic E-state index is 14.4. The van der Waals surface area contributed by atoms with E-state index in [2.05, 4.69) is 5.32 Å². The molecule has 5 rings (SSSR count). The van der Waals surface area contributed by atoms with Crippen molar-refractivity contribution in [2.45, 2.75) is 37.5 Å². The summed E-state index contributed by atoms with van der Waals surface area (Å²) in [4.78, 5) is 35.9. The zero-order valence-electron chi connectivity index (χ0n) is 19.0. The largest absolute Gasteiger partial charge is 0.481 e. The van der Waals surface area contributed by atoms with E-state index in [9.17, 15) is 28.3 Å². The Morgan fingerprint density at radius 1 is 1.00 bits per heavy atom. The second-order valence-corrected chi connectivity index (χ2v) is 9.76. The number of hydrogen-bond donors (Lipinski definition) is 3. The number of alkyl halides is 2. The molecule has 2 saturated carbocycles. The molecule has 0 radical (unpaired) electrons. The number of benzene rings is 2. The first kappa shape index (κ1) is 23.3. The molecule has 0 saturated heterocycles. The monoisotopic (exact) mass is 484 g/mol. The quantitative estimate of drug-likeness (QED) is 0.527. The lowest BCUT2D eigenvalue weighted by molar-refractivity contribution is -0.148. The number of carbonyl (C=O) groups is 3. The van der Waals surface area contributed by atoms with Gasteiger partial charge in [0.05, 0.1) is 12.0 Å². The number of rotatable bonds is 8. The van der Waals surface area contributed by atoms with Gasteiger partial charge in [-0.15, -0.1) is 0 Å². The van der Waals surface area contributed by atoms with Crippen LogP contribution in [0.3, 0.4) is 0 Å². The third-order valence-corrected chi connectivity index (χ3v) is 7.93. The molecule has 2 aromatic rings. The van der Waals surface area contributed by atoms with Crippen LogP contribution in [0.2, 0.25) is 0 Å². The Morgan fingerprint density at radius 2 is 1.60 bits per heavy atom. The van der Waals surface area contributed by atoms with Crippen LogP contribution in [0.1, 0.15) is 42.7 Å². The average molecular weight is 484 g/mol. The number of nitrogens with one attached hydrogen (secondary N) is 2. The number of ether oxygens (including phenoxy) is 1. The molecule has 1 unspecified atom stereocenters. The summed E-state index contributed by atoms with van der Waals surface area (Å²) in [5.41, 5.74) is 2.52. The van der Waals surface area contributed by atoms with E-state index in [-0.39, 0.29) is 24.5 Å². The summed E-state index contributed by atoms with van der Waals surface area (Å²) < 4.78 is 34.0. The fraction of sp³-hybridized carbons (Fsp3) is 0.423. The minimum absolute atomic E-state index is 0.0408. The van der Waals surface area contributed by atoms with Crippen LogP contribution in [0.25, 0.3) is 11.1 Å². The molecule has 0 heterocycles. The maximum absolute atomic E-state index is 14.4. The van der Waals surface area contributed by atoms with E-state index in [1.165, 1.54) is 0 Å². The summed E-state index contributed by atoms with van der Waals surface area (Å²) in [5, 5.41) is 13.6. The summed E-state index contributed by atoms with van der Waals surface area (Å²) in [6.45, 7) is -1.64. The van der Waals surface area contributed by atoms with E-state index in [1.807, 2.05) is 53.8 Å². The fourth-order valence-electron chi connectivity index (χ4n) is 5.69. The van der Waals surface area contributed by atoms with Crippen molar-refractivity contribution in [3.8, 4) is 11.1 Å². The van der Waals surface area contributed by atoms with E-state index in [0.29, 0.717) is 6.42 Å². The number of fused-ring (bicyclic) bond motifs is 3. The first-order valence-electron chi connectivity index (χ1n) is 11.7. The molecule has 0 bridgehead atoms. The fourth-order valence-corrected chi connectivity index (χ4v) is 5.69. The molecule has 1 spiro atoms. The van der Waals surface area contributed by atoms with Gasteiger partial charge in [-0.05, 0) is 46.9 Å². The van der Waals surface area contributed by atoms with E-state index >= 15 is 0 Å². The summed E-state index contributed by atoms with van der Waals surface area (Å²) in [5.74, 6) is -6.81. The number of alkyl carbamates (subject to hydrolysis) is 1. The first-order valence-corrected chi connectivity index (χ1v) is 11.7. The number of hydrogen-bond acceptors (Lipinski definition) is 4. The van der Waals surface area contributed by atoms with Crippen molar-refractivity contribution in [1.82, 2.24) is 10.6 Å². The van der Waals surface area contributed by atoms with Crippen LogP contribution >= 0.6 is 0 Å². The van der Waals surface area contributed by atoms with Gasteiger partial charge in [-0.3, -0.25) is 9.59 Å². The Morgan fingerprint density at radius 3 is 2.11 bits per heavy atom. The van der Waals surface area contributed by atoms with Crippen LogP contribution in [-0.2, 0) is 14.3 Å². The number of carboxylic acids is 1. The molecule has 2 fully saturated rings. The first-order chi connectivity index (χ1) is 16.7. The lowest BCUT2D eigenvalue weighted by atomic mass is 9.75. The predicted octanol–water partition coefficient (Wildman–Crippen LogP) is 3.92. The molecule has 184 valence electrons. The highest BCUT2D eigenvalue weighted by Crippen LogP contribution is 2.73. The highest BCUT2D eigenvalue weighted by molar-refractivity contribution is 5.86. The third kappa shape index (κ3) is 3.83. The lowest BCUT2D eigenvalue weighted by Crippen LogP contribution is -2.50. The van der Waals surface area contributed by atoms with E-state index in [1.54, 1.807) is 0 Å². The summed E-state index contributed by atoms with van der Waals surface area (Å²) in [7, 11) is 0. The van der Waals surface area contributed by atoms with Crippen LogP contribution in [0.4, 0.5) is 13.6 Å². The molecule has 3 aliphatic rings. The van der Waals surface area contributed by atoms with Gasteiger partial charge in [-0.2, -0.15) is 8.78 Å². The van der Waals surface area contributed by atoms with Gasteiger partial charge in [0.1, 0.15) is 6.61 Å². The average Bonchev–Trinajstić information content (AvgIpc) is 3.45. The molecule has 2 aromatic carbocycles. The van der Waals surface area contributed by atoms with Gasteiger partial charge in [0.15, 0.2) is 0 Å². The SMILES string of the molecule is O=C(NCC(F)(F)C(=O)NCC1(C(=O)O)CC12CCC2)OCC1c2ccccc2-c2ccccc21. The standard InChI is InChI=1S/C26H26F2N2O5/c27-26(28,21(31)29-14-25(22(32)33)13-24(25)10-5-11-24)15-30-23(34)35-12-20-18-8-3-1-6-16(18)17-7-2-4-9-19(17)20/h1-4,6-9,20H,5,10-15H2,(H,29,31)(H,30,34)(H,32,33). The molecule has 1 atom stereocenters. The van der Waals surface area contributed by atoms with Gasteiger partial charge in [0, 0.05) is 12.5 Å². The summed E-state index contributed by atoms with van der Waals surface area (Å²) in [6, 6.07) is 15.5. The molecule has 0 aromatic heterocycles. The topological polar surface area (TPSA) is 105 Å². The minimum atomic E-state index is -3.91. The van der Waals surface area contributed by atoms with Gasteiger partial charge in [-0.25, -0.2) is 4.79 Å². The van der Waals surface area contributed by atoms with Crippen LogP contribution in [-0.4, -0.2) is 48.7 Å². The number of aliphatic carboxylic acids is 1. The molecule has 3 aliphatic carbocycles. The van der Waals surface area contributed by atoms with Crippen LogP contribution in [0.15, 0.2) is 48.5 Å². The smallest absolute Gasteiger partial charge is 0.407 e. The zero-order valence-corrected chi connectivity index (χ0v) is 19.0. The summed E-state index contributed by atoms with van der Waals surface area (Å²) >= 11 is 0. The van der Waals surface area contributed by atoms with Gasteiger partial charge in [-0.1, -0.05) is 55.0 Å². The van der Waals surface area contributed by atoms with Gasteiger partial charge >= 0.3 is 18.0 Å². The van der Waals surface area contributed by atoms with Crippen LogP contribution in [0.5, 0.6) is 0 Å². The lowest BCUT2D eigenvalue weighted by Gasteiger charge is -2.31. The van der Waals surface area contributed by atoms with Crippen molar-refractivity contribution in [2.75, 3.05) is 19.7 Å². The molecule has 7 nitrogen and oxygen atoms in total. The Bertz CT molecular complexity index is 1150. The third-order valence-electron chi connectivity index (χ3n) is 7.93. The van der Waals surface area contributed by atoms with Crippen molar-refractivity contribution >= 4 is 18.0 Å². The summed E-state index contributed by atoms with van der Waals surface area (Å²) in [6.07, 6.45) is 1.70. The highest BCUT2D eigenvalue weighted by atomic mass is 19.3. The van der Waals surface area contributed by atoms with Crippen molar-refractivity contribution < 1.29 is 33.0 Å². The molecule has 9 heteroatoms. The van der Waals surface area contributed by atoms with Crippen molar-refractivity contribution in [3.05, 3.63) is 59.7 Å². The highest BCUT2D eigenvalue weighted by Gasteiger charge is 2.74. The zero-order chi connectivity index (χ0) is 24.8. The second-order valence-electron chi connectivity index (χ2n) is 9.76. The van der Waals surface area contributed by atoms with Gasteiger partial charge < -0.3 is 20.5 Å². The number of carbonyl (C=O) groups excluding carboxylic acids is 2. The Balaban J connectivity index is 1.13. The van der Waals surface area contributed by atoms with Crippen molar-refractivity contribution in [2.24, 2.45) is 10.8 Å². The molecular formula is C26H26F2N2O5. The number of amides is 2. The minimum Gasteiger partial charge on any atom is -0.481 e. The molecule has 3 N–H and O–H groups in total. The van der Waals surface area contributed by atoms with Crippen LogP contribution < -0.4 is 10.6 Å². The molecule has 2 amide bonds. The molecule has 0 aliphatic heterocycles. The Hall–Kier alpha value is -3.49. The second kappa shape index (κ2) is 8.32. The van der Waals surface area contributed by atoms with E-state index < -0.39 is 35.9 Å². The van der Waals surface area contributed by atoms with Crippen LogP contribution in [0, 0.1) is 10.8 Å². The normalized spacial score (nSPS) is 21.4. The Labute approximate surface area is 200 Å². The van der Waals surface area contributed by atoms with E-state index in [4.69, 9.17) is 4.74 Å². The number of halogens is 2. The van der Waals surface area contributed by atoms with E-state index in [0.717, 1.165) is 41.5 Å². The number of carboxylic acid groups (broad SMARTS) is 1. The maximum Gasteiger partial charge on any atom is 0.407 e. The van der Waals surface area contributed by atoms with Crippen molar-refractivity contribution in [1.29, 1.82) is 0 Å².